The van der Waals surface area contributed by atoms with Gasteiger partial charge in [-0.3, -0.25) is 4.79 Å². The highest BCUT2D eigenvalue weighted by Gasteiger charge is 2.18. The number of halogens is 1. The third-order valence-corrected chi connectivity index (χ3v) is 3.51. The number of rotatable bonds is 5. The van der Waals surface area contributed by atoms with E-state index in [2.05, 4.69) is 28.2 Å². The van der Waals surface area contributed by atoms with Crippen LogP contribution in [0.3, 0.4) is 0 Å². The van der Waals surface area contributed by atoms with E-state index in [0.29, 0.717) is 12.2 Å². The highest BCUT2D eigenvalue weighted by Crippen LogP contribution is 2.16. The van der Waals surface area contributed by atoms with E-state index in [9.17, 15) is 4.79 Å². The van der Waals surface area contributed by atoms with Gasteiger partial charge in [-0.2, -0.15) is 0 Å². The first kappa shape index (κ1) is 13.6. The summed E-state index contributed by atoms with van der Waals surface area (Å²) in [6, 6.07) is 1.86. The van der Waals surface area contributed by atoms with E-state index in [4.69, 9.17) is 4.74 Å². The summed E-state index contributed by atoms with van der Waals surface area (Å²) in [5.74, 6) is -0.0235. The van der Waals surface area contributed by atoms with Gasteiger partial charge in [0.25, 0.3) is 5.91 Å². The molecule has 5 heteroatoms. The zero-order chi connectivity index (χ0) is 13.0. The number of carbonyl (C=O) groups excluding carboxylic acids is 1. The molecular formula is C13H19BrN2O2. The maximum absolute atomic E-state index is 12.1. The molecule has 18 heavy (non-hydrogen) atoms. The van der Waals surface area contributed by atoms with E-state index in [1.807, 2.05) is 16.8 Å². The highest BCUT2D eigenvalue weighted by atomic mass is 79.9. The molecule has 0 spiro atoms. The van der Waals surface area contributed by atoms with Crippen LogP contribution >= 0.6 is 15.9 Å². The van der Waals surface area contributed by atoms with Crippen LogP contribution in [0.15, 0.2) is 16.7 Å². The first-order valence-electron chi connectivity index (χ1n) is 6.46. The van der Waals surface area contributed by atoms with E-state index in [0.717, 1.165) is 36.9 Å². The molecule has 1 aromatic rings. The van der Waals surface area contributed by atoms with E-state index >= 15 is 0 Å². The Labute approximate surface area is 116 Å². The Morgan fingerprint density at radius 2 is 2.50 bits per heavy atom. The Hall–Kier alpha value is -0.810. The Kier molecular flexibility index (Phi) is 4.83. The molecule has 1 aliphatic rings. The summed E-state index contributed by atoms with van der Waals surface area (Å²) in [6.07, 6.45) is 5.28. The lowest BCUT2D eigenvalue weighted by molar-refractivity contribution is 0.0850. The average Bonchev–Trinajstić information content (AvgIpc) is 2.96. The lowest BCUT2D eigenvalue weighted by atomic mass is 10.2. The smallest absolute Gasteiger partial charge is 0.268 e. The van der Waals surface area contributed by atoms with Gasteiger partial charge in [-0.1, -0.05) is 6.92 Å². The number of ether oxygens (including phenoxy) is 1. The van der Waals surface area contributed by atoms with Gasteiger partial charge in [-0.05, 0) is 41.3 Å². The second-order valence-electron chi connectivity index (χ2n) is 4.58. The van der Waals surface area contributed by atoms with Crippen LogP contribution in [0.1, 0.15) is 36.7 Å². The van der Waals surface area contributed by atoms with Crippen LogP contribution in [0.25, 0.3) is 0 Å². The third-order valence-electron chi connectivity index (χ3n) is 3.07. The van der Waals surface area contributed by atoms with Crippen molar-refractivity contribution >= 4 is 21.8 Å². The zero-order valence-corrected chi connectivity index (χ0v) is 12.2. The monoisotopic (exact) mass is 314 g/mol. The molecule has 0 saturated carbocycles. The summed E-state index contributed by atoms with van der Waals surface area (Å²) in [5, 5.41) is 2.95. The Morgan fingerprint density at radius 3 is 3.17 bits per heavy atom. The maximum atomic E-state index is 12.1. The number of hydrogen-bond acceptors (Lipinski definition) is 2. The van der Waals surface area contributed by atoms with Crippen LogP contribution in [0, 0.1) is 0 Å². The number of nitrogens with zero attached hydrogens (tertiary/aromatic N) is 1. The van der Waals surface area contributed by atoms with E-state index < -0.39 is 0 Å². The molecule has 1 N–H and O–H groups in total. The summed E-state index contributed by atoms with van der Waals surface area (Å²) >= 11 is 3.41. The fourth-order valence-corrected chi connectivity index (χ4v) is 2.66. The van der Waals surface area contributed by atoms with Gasteiger partial charge >= 0.3 is 0 Å². The number of hydrogen-bond donors (Lipinski definition) is 1. The maximum Gasteiger partial charge on any atom is 0.268 e. The molecule has 1 unspecified atom stereocenters. The summed E-state index contributed by atoms with van der Waals surface area (Å²) in [5.41, 5.74) is 0.710. The van der Waals surface area contributed by atoms with Gasteiger partial charge in [-0.15, -0.1) is 0 Å². The first-order valence-corrected chi connectivity index (χ1v) is 7.25. The van der Waals surface area contributed by atoms with Crippen LogP contribution < -0.4 is 5.32 Å². The summed E-state index contributed by atoms with van der Waals surface area (Å²) in [6.45, 7) is 4.38. The van der Waals surface area contributed by atoms with Crippen molar-refractivity contribution in [2.45, 2.75) is 38.8 Å². The molecule has 1 aromatic heterocycles. The van der Waals surface area contributed by atoms with Gasteiger partial charge in [0.15, 0.2) is 0 Å². The van der Waals surface area contributed by atoms with Gasteiger partial charge in [-0.25, -0.2) is 0 Å². The molecule has 0 bridgehead atoms. The fraction of sp³-hybridized carbons (Fsp3) is 0.615. The minimum Gasteiger partial charge on any atom is -0.376 e. The number of nitrogens with one attached hydrogen (secondary N) is 1. The van der Waals surface area contributed by atoms with Crippen molar-refractivity contribution in [3.63, 3.8) is 0 Å². The van der Waals surface area contributed by atoms with Crippen molar-refractivity contribution in [3.05, 3.63) is 22.4 Å². The Balaban J connectivity index is 1.94. The van der Waals surface area contributed by atoms with Crippen molar-refractivity contribution in [3.8, 4) is 0 Å². The predicted octanol–water partition coefficient (Wildman–Crippen LogP) is 2.57. The normalized spacial score (nSPS) is 19.1. The van der Waals surface area contributed by atoms with Crippen LogP contribution in [0.5, 0.6) is 0 Å². The molecular weight excluding hydrogens is 296 g/mol. The molecule has 1 saturated heterocycles. The molecule has 1 amide bonds. The van der Waals surface area contributed by atoms with E-state index in [1.165, 1.54) is 0 Å². The number of amides is 1. The summed E-state index contributed by atoms with van der Waals surface area (Å²) in [4.78, 5) is 12.1. The molecule has 2 rings (SSSR count). The van der Waals surface area contributed by atoms with Gasteiger partial charge in [0, 0.05) is 30.4 Å². The number of carbonyl (C=O) groups is 1. The largest absolute Gasteiger partial charge is 0.376 e. The SMILES string of the molecule is CCCn1cc(Br)cc1C(=O)NCC1CCCO1. The average molecular weight is 315 g/mol. The molecule has 1 aliphatic heterocycles. The van der Waals surface area contributed by atoms with Crippen LogP contribution in [0.2, 0.25) is 0 Å². The fourth-order valence-electron chi connectivity index (χ4n) is 2.19. The minimum absolute atomic E-state index is 0.0235. The standard InChI is InChI=1S/C13H19BrN2O2/c1-2-5-16-9-10(14)7-12(16)13(17)15-8-11-4-3-6-18-11/h7,9,11H,2-6,8H2,1H3,(H,15,17). The van der Waals surface area contributed by atoms with Crippen LogP contribution in [0.4, 0.5) is 0 Å². The predicted molar refractivity (Wildman–Crippen MR) is 73.7 cm³/mol. The van der Waals surface area contributed by atoms with Gasteiger partial charge < -0.3 is 14.6 Å². The van der Waals surface area contributed by atoms with Crippen molar-refractivity contribution in [2.24, 2.45) is 0 Å². The molecule has 1 atom stereocenters. The van der Waals surface area contributed by atoms with E-state index in [1.54, 1.807) is 0 Å². The Morgan fingerprint density at radius 1 is 1.67 bits per heavy atom. The van der Waals surface area contributed by atoms with Crippen LogP contribution in [-0.2, 0) is 11.3 Å². The zero-order valence-electron chi connectivity index (χ0n) is 10.6. The second-order valence-corrected chi connectivity index (χ2v) is 5.50. The van der Waals surface area contributed by atoms with Crippen molar-refractivity contribution < 1.29 is 9.53 Å². The highest BCUT2D eigenvalue weighted by molar-refractivity contribution is 9.10. The molecule has 1 fully saturated rings. The van der Waals surface area contributed by atoms with Crippen molar-refractivity contribution in [2.75, 3.05) is 13.2 Å². The van der Waals surface area contributed by atoms with Crippen LogP contribution in [-0.4, -0.2) is 29.7 Å². The minimum atomic E-state index is -0.0235. The molecule has 2 heterocycles. The van der Waals surface area contributed by atoms with Gasteiger partial charge in [0.1, 0.15) is 5.69 Å². The molecule has 4 nitrogen and oxygen atoms in total. The van der Waals surface area contributed by atoms with Gasteiger partial charge in [0.05, 0.1) is 6.10 Å². The third kappa shape index (κ3) is 3.36. The second kappa shape index (κ2) is 6.38. The molecule has 0 aromatic carbocycles. The lowest BCUT2D eigenvalue weighted by Crippen LogP contribution is -2.33. The molecule has 0 radical (unpaired) electrons. The Bertz CT molecular complexity index is 411. The summed E-state index contributed by atoms with van der Waals surface area (Å²) in [7, 11) is 0. The molecule has 100 valence electrons. The van der Waals surface area contributed by atoms with Crippen molar-refractivity contribution in [1.29, 1.82) is 0 Å². The molecule has 0 aliphatic carbocycles. The van der Waals surface area contributed by atoms with E-state index in [-0.39, 0.29) is 12.0 Å². The quantitative estimate of drug-likeness (QED) is 0.907. The summed E-state index contributed by atoms with van der Waals surface area (Å²) < 4.78 is 8.42. The topological polar surface area (TPSA) is 43.3 Å². The van der Waals surface area contributed by atoms with Crippen molar-refractivity contribution in [1.82, 2.24) is 9.88 Å². The van der Waals surface area contributed by atoms with Gasteiger partial charge in [0.2, 0.25) is 0 Å². The lowest BCUT2D eigenvalue weighted by Gasteiger charge is -2.12. The number of aryl methyl sites for hydroxylation is 1. The number of aromatic nitrogens is 1. The first-order chi connectivity index (χ1) is 8.70.